The van der Waals surface area contributed by atoms with E-state index in [-0.39, 0.29) is 0 Å². The Balaban J connectivity index is 1.94. The molecule has 2 fully saturated rings. The van der Waals surface area contributed by atoms with Crippen molar-refractivity contribution >= 4 is 13.7 Å². The van der Waals surface area contributed by atoms with Crippen molar-refractivity contribution in [3.8, 4) is 0 Å². The van der Waals surface area contributed by atoms with E-state index in [4.69, 9.17) is 0 Å². The molecule has 120 valence electrons. The van der Waals surface area contributed by atoms with Crippen molar-refractivity contribution < 1.29 is 0 Å². The monoisotopic (exact) mass is 290 g/mol. The number of rotatable bonds is 3. The summed E-state index contributed by atoms with van der Waals surface area (Å²) in [7, 11) is 0. The molecular weight excluding hydrogens is 254 g/mol. The van der Waals surface area contributed by atoms with Gasteiger partial charge in [0, 0.05) is 5.54 Å². The van der Waals surface area contributed by atoms with Crippen LogP contribution in [0.25, 0.3) is 0 Å². The lowest BCUT2D eigenvalue weighted by atomic mass is 9.45. The molecule has 0 aromatic heterocycles. The first-order valence-electron chi connectivity index (χ1n) is 9.33. The smallest absolute Gasteiger partial charge is 0.223 e. The molecule has 0 N–H and O–H groups in total. The van der Waals surface area contributed by atoms with Crippen LogP contribution in [0.2, 0.25) is 25.8 Å². The van der Waals surface area contributed by atoms with Crippen LogP contribution in [0, 0.1) is 0 Å². The topological polar surface area (TPSA) is 6.48 Å². The number of nitrogens with zero attached hydrogens (tertiary/aromatic N) is 2. The van der Waals surface area contributed by atoms with Crippen molar-refractivity contribution in [3.63, 3.8) is 0 Å². The summed E-state index contributed by atoms with van der Waals surface area (Å²) in [5.74, 6) is 0.877. The van der Waals surface area contributed by atoms with E-state index in [0.717, 1.165) is 25.6 Å². The summed E-state index contributed by atoms with van der Waals surface area (Å²) in [5, 5.41) is 0. The lowest BCUT2D eigenvalue weighted by Crippen LogP contribution is -2.55. The van der Waals surface area contributed by atoms with E-state index in [9.17, 15) is 0 Å². The summed E-state index contributed by atoms with van der Waals surface area (Å²) in [6, 6.07) is 0.757. The Hall–Kier alpha value is 0.0499. The molecule has 0 saturated carbocycles. The first kappa shape index (κ1) is 17.4. The maximum absolute atomic E-state index is 2.78. The minimum atomic E-state index is 0.319. The lowest BCUT2D eigenvalue weighted by Gasteiger charge is -2.47. The lowest BCUT2D eigenvalue weighted by molar-refractivity contribution is 0.213. The molecule has 2 atom stereocenters. The van der Waals surface area contributed by atoms with E-state index in [1.807, 2.05) is 0 Å². The van der Waals surface area contributed by atoms with Gasteiger partial charge in [0.15, 0.2) is 0 Å². The second-order valence-corrected chi connectivity index (χ2v) is 8.67. The summed E-state index contributed by atoms with van der Waals surface area (Å²) in [6.45, 7) is 18.7. The molecule has 0 aromatic rings. The fourth-order valence-electron chi connectivity index (χ4n) is 4.83. The van der Waals surface area contributed by atoms with Gasteiger partial charge in [-0.1, -0.05) is 39.7 Å². The minimum absolute atomic E-state index is 0.319. The molecule has 2 nitrogen and oxygen atoms in total. The minimum Gasteiger partial charge on any atom is -0.340 e. The normalized spacial score (nSPS) is 28.0. The summed E-state index contributed by atoms with van der Waals surface area (Å²) in [6.07, 6.45) is 8.44. The van der Waals surface area contributed by atoms with Gasteiger partial charge < -0.3 is 9.62 Å². The molecule has 0 bridgehead atoms. The highest BCUT2D eigenvalue weighted by molar-refractivity contribution is 6.56. The van der Waals surface area contributed by atoms with E-state index >= 15 is 0 Å². The Morgan fingerprint density at radius 3 is 2.43 bits per heavy atom. The van der Waals surface area contributed by atoms with Crippen molar-refractivity contribution in [2.75, 3.05) is 13.1 Å². The SMILES string of the molecule is CB1CCCCN1C(C)CC1CCCN(C(C)(C)C)B1C. The van der Waals surface area contributed by atoms with Gasteiger partial charge in [0.1, 0.15) is 0 Å². The Morgan fingerprint density at radius 1 is 1.10 bits per heavy atom. The van der Waals surface area contributed by atoms with Crippen LogP contribution in [0.15, 0.2) is 0 Å². The molecule has 0 amide bonds. The van der Waals surface area contributed by atoms with Crippen LogP contribution in [0.1, 0.15) is 59.8 Å². The molecule has 4 heteroatoms. The highest BCUT2D eigenvalue weighted by atomic mass is 15.1. The Morgan fingerprint density at radius 2 is 1.81 bits per heavy atom. The Kier molecular flexibility index (Phi) is 5.87. The largest absolute Gasteiger partial charge is 0.340 e. The maximum Gasteiger partial charge on any atom is 0.223 e. The summed E-state index contributed by atoms with van der Waals surface area (Å²) < 4.78 is 0. The molecule has 2 aliphatic rings. The van der Waals surface area contributed by atoms with Gasteiger partial charge in [0.05, 0.1) is 0 Å². The quantitative estimate of drug-likeness (QED) is 0.712. The number of hydrogen-bond donors (Lipinski definition) is 0. The molecular formula is C17H36B2N2. The van der Waals surface area contributed by atoms with Crippen molar-refractivity contribution in [2.24, 2.45) is 0 Å². The van der Waals surface area contributed by atoms with Crippen molar-refractivity contribution in [1.29, 1.82) is 0 Å². The molecule has 0 aromatic carbocycles. The van der Waals surface area contributed by atoms with E-state index in [2.05, 4.69) is 51.0 Å². The van der Waals surface area contributed by atoms with Gasteiger partial charge in [-0.15, -0.1) is 0 Å². The second-order valence-electron chi connectivity index (χ2n) is 8.67. The average Bonchev–Trinajstić information content (AvgIpc) is 2.40. The molecule has 21 heavy (non-hydrogen) atoms. The van der Waals surface area contributed by atoms with Crippen LogP contribution in [-0.2, 0) is 0 Å². The predicted octanol–water partition coefficient (Wildman–Crippen LogP) is 4.37. The van der Waals surface area contributed by atoms with Crippen molar-refractivity contribution in [2.45, 2.75) is 97.2 Å². The van der Waals surface area contributed by atoms with E-state index in [0.29, 0.717) is 5.54 Å². The van der Waals surface area contributed by atoms with Crippen LogP contribution < -0.4 is 0 Å². The van der Waals surface area contributed by atoms with Gasteiger partial charge in [-0.05, 0) is 65.0 Å². The fraction of sp³-hybridized carbons (Fsp3) is 1.00. The van der Waals surface area contributed by atoms with Gasteiger partial charge in [-0.3, -0.25) is 0 Å². The van der Waals surface area contributed by atoms with Gasteiger partial charge >= 0.3 is 0 Å². The van der Waals surface area contributed by atoms with Gasteiger partial charge in [0.25, 0.3) is 0 Å². The third-order valence-corrected chi connectivity index (χ3v) is 6.07. The van der Waals surface area contributed by atoms with E-state index < -0.39 is 0 Å². The summed E-state index contributed by atoms with van der Waals surface area (Å²) in [4.78, 5) is 5.53. The molecule has 2 heterocycles. The highest BCUT2D eigenvalue weighted by Gasteiger charge is 2.38. The first-order valence-corrected chi connectivity index (χ1v) is 9.33. The summed E-state index contributed by atoms with van der Waals surface area (Å²) >= 11 is 0. The number of hydrogen-bond acceptors (Lipinski definition) is 2. The Labute approximate surface area is 134 Å². The van der Waals surface area contributed by atoms with Gasteiger partial charge in [-0.25, -0.2) is 0 Å². The average molecular weight is 290 g/mol. The maximum atomic E-state index is 2.78. The molecule has 2 saturated heterocycles. The van der Waals surface area contributed by atoms with Crippen LogP contribution in [0.4, 0.5) is 0 Å². The van der Waals surface area contributed by atoms with E-state index in [1.165, 1.54) is 51.5 Å². The summed E-state index contributed by atoms with van der Waals surface area (Å²) in [5.41, 5.74) is 0.319. The highest BCUT2D eigenvalue weighted by Crippen LogP contribution is 2.35. The fourth-order valence-corrected chi connectivity index (χ4v) is 4.83. The van der Waals surface area contributed by atoms with E-state index in [1.54, 1.807) is 0 Å². The van der Waals surface area contributed by atoms with Gasteiger partial charge in [-0.2, -0.15) is 0 Å². The zero-order valence-electron chi connectivity index (χ0n) is 15.4. The molecule has 0 radical (unpaired) electrons. The molecule has 0 spiro atoms. The van der Waals surface area contributed by atoms with Crippen LogP contribution in [0.3, 0.4) is 0 Å². The van der Waals surface area contributed by atoms with Gasteiger partial charge in [0.2, 0.25) is 13.7 Å². The third kappa shape index (κ3) is 4.28. The molecule has 2 rings (SSSR count). The zero-order valence-corrected chi connectivity index (χ0v) is 15.4. The molecule has 2 unspecified atom stereocenters. The van der Waals surface area contributed by atoms with Crippen molar-refractivity contribution in [1.82, 2.24) is 9.62 Å². The van der Waals surface area contributed by atoms with Crippen LogP contribution in [0.5, 0.6) is 0 Å². The third-order valence-electron chi connectivity index (χ3n) is 6.07. The predicted molar refractivity (Wildman–Crippen MR) is 97.5 cm³/mol. The zero-order chi connectivity index (χ0) is 15.6. The standard InChI is InChI=1S/C17H36B2N2/c1-15(20-12-8-7-11-18(20)5)14-16-10-9-13-21(19(16)6)17(2,3)4/h15-16H,7-14H2,1-6H3. The Bertz CT molecular complexity index is 329. The first-order chi connectivity index (χ1) is 9.80. The molecule has 2 aliphatic heterocycles. The van der Waals surface area contributed by atoms with Crippen LogP contribution in [-0.4, -0.2) is 48.0 Å². The van der Waals surface area contributed by atoms with Crippen molar-refractivity contribution in [3.05, 3.63) is 0 Å². The second kappa shape index (κ2) is 7.08. The van der Waals surface area contributed by atoms with Crippen LogP contribution >= 0.6 is 0 Å². The molecule has 0 aliphatic carbocycles.